The minimum atomic E-state index is -0.236. The van der Waals surface area contributed by atoms with Gasteiger partial charge in [0.25, 0.3) is 0 Å². The quantitative estimate of drug-likeness (QED) is 0.457. The third-order valence-electron chi connectivity index (χ3n) is 2.64. The molecule has 1 atom stereocenters. The van der Waals surface area contributed by atoms with Crippen LogP contribution in [0.3, 0.4) is 0 Å². The summed E-state index contributed by atoms with van der Waals surface area (Å²) in [4.78, 5) is 11.6. The molecule has 4 heteroatoms. The average Bonchev–Trinajstić information content (AvgIpc) is 2.32. The van der Waals surface area contributed by atoms with Crippen LogP contribution >= 0.6 is 0 Å². The number of ether oxygens (including phenoxy) is 2. The number of hydrogen-bond donors (Lipinski definition) is 1. The Bertz CT molecular complexity index is 207. The highest BCUT2D eigenvalue weighted by Crippen LogP contribution is 2.04. The van der Waals surface area contributed by atoms with Gasteiger partial charge in [0.2, 0.25) is 0 Å². The lowest BCUT2D eigenvalue weighted by Crippen LogP contribution is -2.38. The zero-order chi connectivity index (χ0) is 13.8. The molecule has 0 saturated heterocycles. The Labute approximate surface area is 111 Å². The largest absolute Gasteiger partial charge is 0.465 e. The van der Waals surface area contributed by atoms with Crippen LogP contribution in [0.15, 0.2) is 0 Å². The van der Waals surface area contributed by atoms with Gasteiger partial charge < -0.3 is 14.8 Å². The Morgan fingerprint density at radius 3 is 2.44 bits per heavy atom. The van der Waals surface area contributed by atoms with E-state index in [1.807, 2.05) is 13.8 Å². The van der Waals surface area contributed by atoms with E-state index in [4.69, 9.17) is 9.47 Å². The molecule has 0 saturated carbocycles. The number of esters is 1. The topological polar surface area (TPSA) is 47.6 Å². The standard InChI is InChI=1S/C14H29NO3/c1-5-15-13(14(16)18-6-2)9-11-17-10-7-8-12(3)4/h12-13,15H,5-11H2,1-4H3. The van der Waals surface area contributed by atoms with Gasteiger partial charge in [0.1, 0.15) is 6.04 Å². The molecule has 0 rings (SSSR count). The van der Waals surface area contributed by atoms with Crippen molar-refractivity contribution >= 4 is 5.97 Å². The molecule has 18 heavy (non-hydrogen) atoms. The monoisotopic (exact) mass is 259 g/mol. The van der Waals surface area contributed by atoms with E-state index in [1.54, 1.807) is 0 Å². The van der Waals surface area contributed by atoms with Gasteiger partial charge in [0, 0.05) is 13.2 Å². The van der Waals surface area contributed by atoms with Crippen molar-refractivity contribution in [2.45, 2.75) is 53.0 Å². The molecule has 0 aliphatic carbocycles. The van der Waals surface area contributed by atoms with Crippen LogP contribution in [0.2, 0.25) is 0 Å². The van der Waals surface area contributed by atoms with Crippen LogP contribution in [0.4, 0.5) is 0 Å². The zero-order valence-electron chi connectivity index (χ0n) is 12.3. The van der Waals surface area contributed by atoms with E-state index in [1.165, 1.54) is 6.42 Å². The molecule has 0 aliphatic heterocycles. The van der Waals surface area contributed by atoms with Crippen LogP contribution in [0.5, 0.6) is 0 Å². The second kappa shape index (κ2) is 11.5. The molecule has 108 valence electrons. The number of rotatable bonds is 11. The summed E-state index contributed by atoms with van der Waals surface area (Å²) >= 11 is 0. The molecule has 0 heterocycles. The molecule has 1 unspecified atom stereocenters. The lowest BCUT2D eigenvalue weighted by atomic mass is 10.1. The van der Waals surface area contributed by atoms with Crippen LogP contribution in [0, 0.1) is 5.92 Å². The molecule has 0 fully saturated rings. The Balaban J connectivity index is 3.66. The maximum Gasteiger partial charge on any atom is 0.323 e. The average molecular weight is 259 g/mol. The van der Waals surface area contributed by atoms with Crippen molar-refractivity contribution in [1.29, 1.82) is 0 Å². The first-order valence-corrected chi connectivity index (χ1v) is 7.09. The summed E-state index contributed by atoms with van der Waals surface area (Å²) in [6.45, 7) is 10.8. The highest BCUT2D eigenvalue weighted by molar-refractivity contribution is 5.75. The molecule has 0 amide bonds. The maximum atomic E-state index is 11.6. The molecule has 0 radical (unpaired) electrons. The van der Waals surface area contributed by atoms with Crippen LogP contribution < -0.4 is 5.32 Å². The van der Waals surface area contributed by atoms with Crippen molar-refractivity contribution in [1.82, 2.24) is 5.32 Å². The van der Waals surface area contributed by atoms with Crippen LogP contribution in [0.1, 0.15) is 47.0 Å². The SMILES string of the molecule is CCNC(CCOCCCC(C)C)C(=O)OCC. The minimum absolute atomic E-state index is 0.176. The number of carbonyl (C=O) groups is 1. The summed E-state index contributed by atoms with van der Waals surface area (Å²) < 4.78 is 10.6. The predicted octanol–water partition coefficient (Wildman–Crippen LogP) is 2.37. The lowest BCUT2D eigenvalue weighted by Gasteiger charge is -2.16. The fourth-order valence-corrected chi connectivity index (χ4v) is 1.69. The van der Waals surface area contributed by atoms with Crippen molar-refractivity contribution < 1.29 is 14.3 Å². The molecular formula is C14H29NO3. The first-order valence-electron chi connectivity index (χ1n) is 7.09. The van der Waals surface area contributed by atoms with Crippen molar-refractivity contribution in [3.8, 4) is 0 Å². The predicted molar refractivity (Wildman–Crippen MR) is 73.6 cm³/mol. The van der Waals surface area contributed by atoms with E-state index in [9.17, 15) is 4.79 Å². The van der Waals surface area contributed by atoms with Crippen LogP contribution in [0.25, 0.3) is 0 Å². The smallest absolute Gasteiger partial charge is 0.323 e. The summed E-state index contributed by atoms with van der Waals surface area (Å²) in [6.07, 6.45) is 2.95. The summed E-state index contributed by atoms with van der Waals surface area (Å²) in [5, 5.41) is 3.12. The zero-order valence-corrected chi connectivity index (χ0v) is 12.3. The molecule has 0 aromatic carbocycles. The van der Waals surface area contributed by atoms with E-state index < -0.39 is 0 Å². The Morgan fingerprint density at radius 1 is 1.17 bits per heavy atom. The normalized spacial score (nSPS) is 12.7. The number of likely N-dealkylation sites (N-methyl/N-ethyl adjacent to an activating group) is 1. The summed E-state index contributed by atoms with van der Waals surface area (Å²) in [5.74, 6) is 0.549. The van der Waals surface area contributed by atoms with E-state index in [-0.39, 0.29) is 12.0 Å². The molecule has 4 nitrogen and oxygen atoms in total. The van der Waals surface area contributed by atoms with E-state index in [2.05, 4.69) is 19.2 Å². The van der Waals surface area contributed by atoms with Crippen molar-refractivity contribution in [2.75, 3.05) is 26.4 Å². The highest BCUT2D eigenvalue weighted by atomic mass is 16.5. The fraction of sp³-hybridized carbons (Fsp3) is 0.929. The Morgan fingerprint density at radius 2 is 1.89 bits per heavy atom. The van der Waals surface area contributed by atoms with Gasteiger partial charge >= 0.3 is 5.97 Å². The fourth-order valence-electron chi connectivity index (χ4n) is 1.69. The van der Waals surface area contributed by atoms with Gasteiger partial charge in [0.15, 0.2) is 0 Å². The van der Waals surface area contributed by atoms with E-state index >= 15 is 0 Å². The van der Waals surface area contributed by atoms with E-state index in [0.29, 0.717) is 19.6 Å². The van der Waals surface area contributed by atoms with Gasteiger partial charge in [-0.05, 0) is 38.6 Å². The minimum Gasteiger partial charge on any atom is -0.465 e. The van der Waals surface area contributed by atoms with Gasteiger partial charge in [-0.15, -0.1) is 0 Å². The lowest BCUT2D eigenvalue weighted by molar-refractivity contribution is -0.146. The third-order valence-corrected chi connectivity index (χ3v) is 2.64. The van der Waals surface area contributed by atoms with Crippen molar-refractivity contribution in [2.24, 2.45) is 5.92 Å². The van der Waals surface area contributed by atoms with Gasteiger partial charge in [-0.25, -0.2) is 0 Å². The first kappa shape index (κ1) is 17.4. The second-order valence-corrected chi connectivity index (χ2v) is 4.80. The summed E-state index contributed by atoms with van der Waals surface area (Å²) in [5.41, 5.74) is 0. The third kappa shape index (κ3) is 9.42. The second-order valence-electron chi connectivity index (χ2n) is 4.80. The van der Waals surface area contributed by atoms with Crippen LogP contribution in [-0.2, 0) is 14.3 Å². The molecule has 0 bridgehead atoms. The summed E-state index contributed by atoms with van der Waals surface area (Å²) in [7, 11) is 0. The van der Waals surface area contributed by atoms with Gasteiger partial charge in [-0.1, -0.05) is 20.8 Å². The first-order chi connectivity index (χ1) is 8.61. The van der Waals surface area contributed by atoms with Gasteiger partial charge in [-0.3, -0.25) is 4.79 Å². The number of nitrogens with one attached hydrogen (secondary N) is 1. The molecule has 0 aliphatic rings. The van der Waals surface area contributed by atoms with E-state index in [0.717, 1.165) is 25.5 Å². The van der Waals surface area contributed by atoms with Gasteiger partial charge in [0.05, 0.1) is 6.61 Å². The molecular weight excluding hydrogens is 230 g/mol. The van der Waals surface area contributed by atoms with Crippen molar-refractivity contribution in [3.63, 3.8) is 0 Å². The van der Waals surface area contributed by atoms with Gasteiger partial charge in [-0.2, -0.15) is 0 Å². The highest BCUT2D eigenvalue weighted by Gasteiger charge is 2.17. The Hall–Kier alpha value is -0.610. The molecule has 1 N–H and O–H groups in total. The van der Waals surface area contributed by atoms with Crippen molar-refractivity contribution in [3.05, 3.63) is 0 Å². The number of carbonyl (C=O) groups excluding carboxylic acids is 1. The molecule has 0 aromatic rings. The molecule has 0 aromatic heterocycles. The summed E-state index contributed by atoms with van der Waals surface area (Å²) in [6, 6.07) is -0.236. The van der Waals surface area contributed by atoms with Crippen LogP contribution in [-0.4, -0.2) is 38.4 Å². The maximum absolute atomic E-state index is 11.6. The number of hydrogen-bond acceptors (Lipinski definition) is 4. The molecule has 0 spiro atoms. The Kier molecular flexibility index (Phi) is 11.1.